The molecule has 0 aliphatic rings. The number of carboxylic acids is 1. The standard InChI is InChI=1S/C40H63N3O10S/c1-25(2)21-26(3)34(46)24-30(22-28-13-15-31(45)16-14-28)37(49)42-32(17-12-27(4)44)35(47)23-29(18-20-54-8)36(48)43-33(38(50)51)11-9-10-19-41-39(52)53-40(5,6)7/h13-16,25-26,29-30,32-33,45H,9-12,17-24H2,1-8H3,(H,41,52)(H,42,49)(H,43,48)(H,50,51)/t26-,29+,30+,32-,33-/m0/s1. The van der Waals surface area contributed by atoms with Crippen LogP contribution in [0.3, 0.4) is 0 Å². The maximum Gasteiger partial charge on any atom is 0.407 e. The minimum Gasteiger partial charge on any atom is -0.508 e. The fourth-order valence-corrected chi connectivity index (χ4v) is 6.42. The number of hydrogen-bond donors (Lipinski definition) is 5. The van der Waals surface area contributed by atoms with Gasteiger partial charge in [0.05, 0.1) is 6.04 Å². The predicted molar refractivity (Wildman–Crippen MR) is 209 cm³/mol. The summed E-state index contributed by atoms with van der Waals surface area (Å²) in [5, 5.41) is 27.6. The molecule has 0 spiro atoms. The van der Waals surface area contributed by atoms with Gasteiger partial charge in [0.2, 0.25) is 11.8 Å². The molecule has 1 aromatic rings. The van der Waals surface area contributed by atoms with Gasteiger partial charge < -0.3 is 35.7 Å². The Balaban J connectivity index is 3.14. The number of carboxylic acid groups (broad SMARTS) is 1. The van der Waals surface area contributed by atoms with Crippen molar-refractivity contribution in [3.8, 4) is 5.75 Å². The van der Waals surface area contributed by atoms with Gasteiger partial charge in [-0.3, -0.25) is 19.2 Å². The molecule has 1 aromatic carbocycles. The van der Waals surface area contributed by atoms with E-state index in [1.165, 1.54) is 30.8 Å². The number of aliphatic carboxylic acids is 1. The number of hydrogen-bond acceptors (Lipinski definition) is 10. The Morgan fingerprint density at radius 2 is 1.41 bits per heavy atom. The number of ketones is 3. The van der Waals surface area contributed by atoms with Crippen molar-refractivity contribution in [3.63, 3.8) is 0 Å². The van der Waals surface area contributed by atoms with Crippen LogP contribution in [0.1, 0.15) is 112 Å². The minimum absolute atomic E-state index is 0.00448. The third-order valence-corrected chi connectivity index (χ3v) is 9.44. The van der Waals surface area contributed by atoms with Crippen LogP contribution in [-0.4, -0.2) is 87.7 Å². The van der Waals surface area contributed by atoms with Crippen molar-refractivity contribution < 1.29 is 48.5 Å². The lowest BCUT2D eigenvalue weighted by atomic mass is 9.86. The first kappa shape index (κ1) is 48.1. The molecule has 5 N–H and O–H groups in total. The summed E-state index contributed by atoms with van der Waals surface area (Å²) in [4.78, 5) is 90.5. The average Bonchev–Trinajstić information content (AvgIpc) is 3.06. The second-order valence-electron chi connectivity index (χ2n) is 15.5. The van der Waals surface area contributed by atoms with Gasteiger partial charge in [0.25, 0.3) is 0 Å². The first-order valence-electron chi connectivity index (χ1n) is 18.8. The molecule has 0 radical (unpaired) electrons. The van der Waals surface area contributed by atoms with Crippen molar-refractivity contribution in [2.24, 2.45) is 23.7 Å². The molecule has 304 valence electrons. The molecule has 0 aromatic heterocycles. The highest BCUT2D eigenvalue weighted by atomic mass is 32.2. The van der Waals surface area contributed by atoms with Crippen LogP contribution in [0.5, 0.6) is 5.75 Å². The number of Topliss-reactive ketones (excluding diaryl/α,β-unsaturated/α-hetero) is 3. The third-order valence-electron chi connectivity index (χ3n) is 8.79. The van der Waals surface area contributed by atoms with Gasteiger partial charge in [0, 0.05) is 43.6 Å². The topological polar surface area (TPSA) is 205 Å². The van der Waals surface area contributed by atoms with Gasteiger partial charge in [0.1, 0.15) is 29.0 Å². The van der Waals surface area contributed by atoms with E-state index in [1.807, 2.05) is 27.0 Å². The van der Waals surface area contributed by atoms with E-state index >= 15 is 0 Å². The number of amides is 3. The van der Waals surface area contributed by atoms with Gasteiger partial charge in [-0.05, 0) is 108 Å². The summed E-state index contributed by atoms with van der Waals surface area (Å²) in [6, 6.07) is 3.96. The van der Waals surface area contributed by atoms with Gasteiger partial charge in [-0.1, -0.05) is 32.9 Å². The summed E-state index contributed by atoms with van der Waals surface area (Å²) in [6.07, 6.45) is 2.90. The molecule has 0 aliphatic heterocycles. The lowest BCUT2D eigenvalue weighted by Gasteiger charge is -2.25. The number of aromatic hydroxyl groups is 1. The fraction of sp³-hybridized carbons (Fsp3) is 0.675. The summed E-state index contributed by atoms with van der Waals surface area (Å²) in [6.45, 7) is 12.7. The second-order valence-corrected chi connectivity index (χ2v) is 16.5. The zero-order valence-corrected chi connectivity index (χ0v) is 34.1. The highest BCUT2D eigenvalue weighted by Crippen LogP contribution is 2.23. The van der Waals surface area contributed by atoms with E-state index in [0.29, 0.717) is 30.6 Å². The summed E-state index contributed by atoms with van der Waals surface area (Å²) in [5.41, 5.74) is 0.0594. The molecular formula is C40H63N3O10S. The average molecular weight is 778 g/mol. The Hall–Kier alpha value is -3.94. The van der Waals surface area contributed by atoms with Crippen LogP contribution in [0.25, 0.3) is 0 Å². The largest absolute Gasteiger partial charge is 0.508 e. The smallest absolute Gasteiger partial charge is 0.407 e. The normalized spacial score (nSPS) is 14.2. The molecule has 54 heavy (non-hydrogen) atoms. The first-order chi connectivity index (χ1) is 25.2. The fourth-order valence-electron chi connectivity index (χ4n) is 5.90. The molecule has 1 rings (SSSR count). The van der Waals surface area contributed by atoms with Crippen molar-refractivity contribution in [1.29, 1.82) is 0 Å². The van der Waals surface area contributed by atoms with Crippen LogP contribution in [0.2, 0.25) is 0 Å². The number of benzene rings is 1. The Morgan fingerprint density at radius 3 is 1.96 bits per heavy atom. The third kappa shape index (κ3) is 20.5. The van der Waals surface area contributed by atoms with E-state index < -0.39 is 59.2 Å². The summed E-state index contributed by atoms with van der Waals surface area (Å²) >= 11 is 1.46. The Bertz CT molecular complexity index is 1390. The van der Waals surface area contributed by atoms with Crippen molar-refractivity contribution in [2.75, 3.05) is 18.6 Å². The number of alkyl carbamates (subject to hydrolysis) is 1. The molecule has 0 heterocycles. The number of carbonyl (C=O) groups is 7. The number of carbonyl (C=O) groups excluding carboxylic acids is 6. The van der Waals surface area contributed by atoms with E-state index in [9.17, 15) is 43.8 Å². The Labute approximate surface area is 324 Å². The van der Waals surface area contributed by atoms with Crippen LogP contribution >= 0.6 is 11.8 Å². The molecule has 5 atom stereocenters. The van der Waals surface area contributed by atoms with Crippen LogP contribution in [0.15, 0.2) is 24.3 Å². The lowest BCUT2D eigenvalue weighted by Crippen LogP contribution is -2.47. The molecular weight excluding hydrogens is 715 g/mol. The minimum atomic E-state index is -1.23. The molecule has 0 bridgehead atoms. The van der Waals surface area contributed by atoms with Gasteiger partial charge >= 0.3 is 12.1 Å². The molecule has 3 amide bonds. The van der Waals surface area contributed by atoms with Crippen LogP contribution in [-0.2, 0) is 39.9 Å². The first-order valence-corrected chi connectivity index (χ1v) is 20.2. The number of thioether (sulfide) groups is 1. The number of nitrogens with one attached hydrogen (secondary N) is 3. The lowest BCUT2D eigenvalue weighted by molar-refractivity contribution is -0.143. The van der Waals surface area contributed by atoms with Gasteiger partial charge in [-0.2, -0.15) is 11.8 Å². The van der Waals surface area contributed by atoms with Crippen molar-refractivity contribution in [2.45, 2.75) is 130 Å². The molecule has 0 saturated heterocycles. The van der Waals surface area contributed by atoms with Crippen LogP contribution < -0.4 is 16.0 Å². The van der Waals surface area contributed by atoms with E-state index in [4.69, 9.17) is 4.74 Å². The van der Waals surface area contributed by atoms with Crippen LogP contribution in [0, 0.1) is 23.7 Å². The summed E-state index contributed by atoms with van der Waals surface area (Å²) in [7, 11) is 0. The van der Waals surface area contributed by atoms with Gasteiger partial charge in [0.15, 0.2) is 5.78 Å². The van der Waals surface area contributed by atoms with Crippen LogP contribution in [0.4, 0.5) is 4.79 Å². The monoisotopic (exact) mass is 777 g/mol. The summed E-state index contributed by atoms with van der Waals surface area (Å²) < 4.78 is 5.19. The highest BCUT2D eigenvalue weighted by molar-refractivity contribution is 7.98. The number of phenolic OH excluding ortho intramolecular Hbond substituents is 1. The van der Waals surface area contributed by atoms with Crippen molar-refractivity contribution in [1.82, 2.24) is 16.0 Å². The SMILES string of the molecule is CSCC[C@H](CC(=O)[C@H](CCC(C)=O)NC(=O)[C@@H](CC(=O)[C@@H](C)CC(C)C)Cc1ccc(O)cc1)C(=O)N[C@@H](CCCCNC(=O)OC(C)(C)C)C(=O)O. The maximum atomic E-state index is 13.9. The molecule has 0 fully saturated rings. The highest BCUT2D eigenvalue weighted by Gasteiger charge is 2.32. The number of rotatable bonds is 26. The Morgan fingerprint density at radius 1 is 0.815 bits per heavy atom. The number of unbranched alkanes of at least 4 members (excludes halogenated alkanes) is 1. The Kier molecular flexibility index (Phi) is 21.8. The summed E-state index contributed by atoms with van der Waals surface area (Å²) in [5.74, 6) is -4.32. The zero-order chi connectivity index (χ0) is 41.0. The number of phenols is 1. The number of ether oxygens (including phenoxy) is 1. The molecule has 0 aliphatic carbocycles. The molecule has 13 nitrogen and oxygen atoms in total. The molecule has 0 unspecified atom stereocenters. The van der Waals surface area contributed by atoms with Crippen molar-refractivity contribution >= 4 is 53.0 Å². The van der Waals surface area contributed by atoms with E-state index in [0.717, 1.165) is 0 Å². The quantitative estimate of drug-likeness (QED) is 0.0728. The second kappa shape index (κ2) is 24.5. The zero-order valence-electron chi connectivity index (χ0n) is 33.3. The van der Waals surface area contributed by atoms with Gasteiger partial charge in [-0.15, -0.1) is 0 Å². The van der Waals surface area contributed by atoms with E-state index in [2.05, 4.69) is 16.0 Å². The van der Waals surface area contributed by atoms with Gasteiger partial charge in [-0.25, -0.2) is 9.59 Å². The van der Waals surface area contributed by atoms with E-state index in [-0.39, 0.29) is 80.6 Å². The predicted octanol–water partition coefficient (Wildman–Crippen LogP) is 5.64. The maximum absolute atomic E-state index is 13.9. The molecule has 0 saturated carbocycles. The van der Waals surface area contributed by atoms with E-state index in [1.54, 1.807) is 32.9 Å². The van der Waals surface area contributed by atoms with Crippen molar-refractivity contribution in [3.05, 3.63) is 29.8 Å². The molecule has 14 heteroatoms.